The van der Waals surface area contributed by atoms with Gasteiger partial charge in [-0.1, -0.05) is 36.8 Å². The van der Waals surface area contributed by atoms with Gasteiger partial charge < -0.3 is 10.0 Å². The van der Waals surface area contributed by atoms with Gasteiger partial charge in [0.1, 0.15) is 5.75 Å². The van der Waals surface area contributed by atoms with E-state index in [1.54, 1.807) is 25.1 Å². The van der Waals surface area contributed by atoms with Crippen LogP contribution in [0.3, 0.4) is 0 Å². The number of rotatable bonds is 6. The number of fused-ring (bicyclic) bond motifs is 2. The van der Waals surface area contributed by atoms with Crippen molar-refractivity contribution in [1.29, 1.82) is 0 Å². The SMILES string of the molecule is C=CCN1CC2CCCC(C1)N2C(c1ccc(C(=O)N(C)C)cc1)c1cccc(O)c1. The molecule has 2 aliphatic rings. The fraction of sp³-hybridized carbons (Fsp3) is 0.423. The molecule has 1 amide bonds. The smallest absolute Gasteiger partial charge is 0.253 e. The van der Waals surface area contributed by atoms with Gasteiger partial charge in [0.15, 0.2) is 0 Å². The summed E-state index contributed by atoms with van der Waals surface area (Å²) in [7, 11) is 3.55. The molecule has 0 radical (unpaired) electrons. The highest BCUT2D eigenvalue weighted by Crippen LogP contribution is 2.40. The highest BCUT2D eigenvalue weighted by Gasteiger charge is 2.41. The van der Waals surface area contributed by atoms with Gasteiger partial charge in [0.2, 0.25) is 0 Å². The number of aromatic hydroxyl groups is 1. The second kappa shape index (κ2) is 9.25. The lowest BCUT2D eigenvalue weighted by Crippen LogP contribution is -2.61. The fourth-order valence-electron chi connectivity index (χ4n) is 5.28. The molecule has 2 bridgehead atoms. The van der Waals surface area contributed by atoms with Crippen LogP contribution in [0.2, 0.25) is 0 Å². The standard InChI is InChI=1S/C26H33N3O2/c1-4-15-28-17-22-8-6-9-23(18-28)29(22)25(21-7-5-10-24(30)16-21)19-11-13-20(14-12-19)26(31)27(2)3/h4-5,7,10-14,16,22-23,25,30H,1,6,8-9,15,17-18H2,2-3H3. The second-order valence-corrected chi connectivity index (χ2v) is 9.01. The second-order valence-electron chi connectivity index (χ2n) is 9.01. The molecule has 2 aliphatic heterocycles. The van der Waals surface area contributed by atoms with E-state index in [4.69, 9.17) is 0 Å². The number of benzene rings is 2. The summed E-state index contributed by atoms with van der Waals surface area (Å²) >= 11 is 0. The summed E-state index contributed by atoms with van der Waals surface area (Å²) in [6, 6.07) is 16.6. The average molecular weight is 420 g/mol. The summed E-state index contributed by atoms with van der Waals surface area (Å²) in [6.07, 6.45) is 5.61. The van der Waals surface area contributed by atoms with E-state index in [9.17, 15) is 9.90 Å². The van der Waals surface area contributed by atoms with Gasteiger partial charge in [-0.2, -0.15) is 0 Å². The van der Waals surface area contributed by atoms with Gasteiger partial charge >= 0.3 is 0 Å². The molecule has 3 atom stereocenters. The van der Waals surface area contributed by atoms with Crippen LogP contribution in [-0.4, -0.2) is 71.5 Å². The number of amides is 1. The maximum Gasteiger partial charge on any atom is 0.253 e. The molecule has 2 aromatic rings. The summed E-state index contributed by atoms with van der Waals surface area (Å²) < 4.78 is 0. The third-order valence-electron chi connectivity index (χ3n) is 6.61. The molecule has 0 spiro atoms. The minimum absolute atomic E-state index is 0.00960. The van der Waals surface area contributed by atoms with E-state index in [1.807, 2.05) is 30.3 Å². The molecule has 3 unspecified atom stereocenters. The van der Waals surface area contributed by atoms with Gasteiger partial charge in [0.25, 0.3) is 5.91 Å². The van der Waals surface area contributed by atoms with Gasteiger partial charge in [-0.15, -0.1) is 6.58 Å². The van der Waals surface area contributed by atoms with Crippen molar-refractivity contribution in [3.05, 3.63) is 77.9 Å². The predicted molar refractivity (Wildman–Crippen MR) is 124 cm³/mol. The Morgan fingerprint density at radius 1 is 1.13 bits per heavy atom. The van der Waals surface area contributed by atoms with Crippen molar-refractivity contribution in [1.82, 2.24) is 14.7 Å². The van der Waals surface area contributed by atoms with Gasteiger partial charge in [-0.25, -0.2) is 0 Å². The number of hydrogen-bond donors (Lipinski definition) is 1. The van der Waals surface area contributed by atoms with Crippen molar-refractivity contribution < 1.29 is 9.90 Å². The Morgan fingerprint density at radius 2 is 1.81 bits per heavy atom. The molecule has 0 aliphatic carbocycles. The minimum atomic E-state index is 0.00960. The molecular formula is C26H33N3O2. The quantitative estimate of drug-likeness (QED) is 0.722. The lowest BCUT2D eigenvalue weighted by atomic mass is 9.85. The zero-order valence-corrected chi connectivity index (χ0v) is 18.6. The van der Waals surface area contributed by atoms with Crippen molar-refractivity contribution in [2.24, 2.45) is 0 Å². The zero-order valence-electron chi connectivity index (χ0n) is 18.6. The van der Waals surface area contributed by atoms with Gasteiger partial charge in [-0.3, -0.25) is 14.6 Å². The molecule has 31 heavy (non-hydrogen) atoms. The van der Waals surface area contributed by atoms with Crippen LogP contribution in [0.25, 0.3) is 0 Å². The molecule has 2 heterocycles. The number of carbonyl (C=O) groups excluding carboxylic acids is 1. The normalized spacial score (nSPS) is 22.6. The Labute approximate surface area is 185 Å². The van der Waals surface area contributed by atoms with Crippen LogP contribution in [0.5, 0.6) is 5.75 Å². The highest BCUT2D eigenvalue weighted by atomic mass is 16.3. The molecule has 0 saturated carbocycles. The first kappa shape index (κ1) is 21.6. The molecule has 5 heteroatoms. The van der Waals surface area contributed by atoms with E-state index in [-0.39, 0.29) is 17.7 Å². The Kier molecular flexibility index (Phi) is 6.44. The number of phenols is 1. The number of carbonyl (C=O) groups is 1. The van der Waals surface area contributed by atoms with E-state index in [0.717, 1.165) is 30.8 Å². The van der Waals surface area contributed by atoms with E-state index in [2.05, 4.69) is 34.6 Å². The van der Waals surface area contributed by atoms with Crippen LogP contribution in [0.1, 0.15) is 46.8 Å². The van der Waals surface area contributed by atoms with Crippen LogP contribution in [0, 0.1) is 0 Å². The predicted octanol–water partition coefficient (Wildman–Crippen LogP) is 3.91. The van der Waals surface area contributed by atoms with Gasteiger partial charge in [0, 0.05) is 51.4 Å². The first-order chi connectivity index (χ1) is 15.0. The van der Waals surface area contributed by atoms with Crippen LogP contribution in [0.4, 0.5) is 0 Å². The summed E-state index contributed by atoms with van der Waals surface area (Å²) in [5.41, 5.74) is 2.95. The third-order valence-corrected chi connectivity index (χ3v) is 6.61. The van der Waals surface area contributed by atoms with Crippen molar-refractivity contribution >= 4 is 5.91 Å². The summed E-state index contributed by atoms with van der Waals surface area (Å²) in [6.45, 7) is 6.93. The van der Waals surface area contributed by atoms with Crippen molar-refractivity contribution in [2.75, 3.05) is 33.7 Å². The maximum atomic E-state index is 12.4. The Balaban J connectivity index is 1.72. The van der Waals surface area contributed by atoms with E-state index < -0.39 is 0 Å². The summed E-state index contributed by atoms with van der Waals surface area (Å²) in [5.74, 6) is 0.299. The number of piperazine rings is 1. The van der Waals surface area contributed by atoms with Crippen molar-refractivity contribution in [3.63, 3.8) is 0 Å². The Bertz CT molecular complexity index is 911. The largest absolute Gasteiger partial charge is 0.508 e. The number of phenolic OH excluding ortho intramolecular Hbond substituents is 1. The number of hydrogen-bond acceptors (Lipinski definition) is 4. The fourth-order valence-corrected chi connectivity index (χ4v) is 5.28. The molecule has 4 rings (SSSR count). The van der Waals surface area contributed by atoms with Crippen LogP contribution in [-0.2, 0) is 0 Å². The molecule has 0 aromatic heterocycles. The van der Waals surface area contributed by atoms with Crippen molar-refractivity contribution in [2.45, 2.75) is 37.4 Å². The van der Waals surface area contributed by atoms with Gasteiger partial charge in [0.05, 0.1) is 6.04 Å². The molecule has 1 N–H and O–H groups in total. The number of piperidine rings is 1. The first-order valence-electron chi connectivity index (χ1n) is 11.2. The van der Waals surface area contributed by atoms with Crippen LogP contribution < -0.4 is 0 Å². The van der Waals surface area contributed by atoms with Gasteiger partial charge in [-0.05, 0) is 48.2 Å². The van der Waals surface area contributed by atoms with E-state index in [0.29, 0.717) is 17.6 Å². The molecule has 164 valence electrons. The van der Waals surface area contributed by atoms with E-state index >= 15 is 0 Å². The summed E-state index contributed by atoms with van der Waals surface area (Å²) in [5, 5.41) is 10.2. The average Bonchev–Trinajstić information content (AvgIpc) is 2.74. The first-order valence-corrected chi connectivity index (χ1v) is 11.2. The Morgan fingerprint density at radius 3 is 2.39 bits per heavy atom. The minimum Gasteiger partial charge on any atom is -0.508 e. The molecule has 2 fully saturated rings. The topological polar surface area (TPSA) is 47.0 Å². The Hall–Kier alpha value is -2.63. The lowest BCUT2D eigenvalue weighted by Gasteiger charge is -2.53. The molecule has 2 saturated heterocycles. The molecule has 2 aromatic carbocycles. The molecule has 5 nitrogen and oxygen atoms in total. The number of nitrogens with zero attached hydrogens (tertiary/aromatic N) is 3. The maximum absolute atomic E-state index is 12.4. The highest BCUT2D eigenvalue weighted by molar-refractivity contribution is 5.93. The monoisotopic (exact) mass is 419 g/mol. The third kappa shape index (κ3) is 4.53. The lowest BCUT2D eigenvalue weighted by molar-refractivity contribution is -0.0250. The van der Waals surface area contributed by atoms with Crippen LogP contribution >= 0.6 is 0 Å². The van der Waals surface area contributed by atoms with Crippen molar-refractivity contribution in [3.8, 4) is 5.75 Å². The van der Waals surface area contributed by atoms with E-state index in [1.165, 1.54) is 19.3 Å². The zero-order chi connectivity index (χ0) is 22.0. The van der Waals surface area contributed by atoms with Crippen LogP contribution in [0.15, 0.2) is 61.2 Å². The number of likely N-dealkylation sites (tertiary alicyclic amines) is 1. The summed E-state index contributed by atoms with van der Waals surface area (Å²) in [4.78, 5) is 19.1. The molecular weight excluding hydrogens is 386 g/mol.